The molecule has 0 bridgehead atoms. The van der Waals surface area contributed by atoms with Gasteiger partial charge in [0.1, 0.15) is 0 Å². The third kappa shape index (κ3) is 3.88. The van der Waals surface area contributed by atoms with E-state index in [1.807, 2.05) is 0 Å². The molecule has 138 valence electrons. The molecule has 2 atom stereocenters. The Morgan fingerprint density at radius 2 is 2.04 bits per heavy atom. The summed E-state index contributed by atoms with van der Waals surface area (Å²) < 4.78 is 5.56. The molecule has 0 amide bonds. The summed E-state index contributed by atoms with van der Waals surface area (Å²) in [5.74, 6) is 1.04. The van der Waals surface area contributed by atoms with E-state index in [2.05, 4.69) is 24.1 Å². The van der Waals surface area contributed by atoms with E-state index in [-0.39, 0.29) is 11.5 Å². The second-order valence-corrected chi connectivity index (χ2v) is 8.37. The number of rotatable bonds is 3. The highest BCUT2D eigenvalue weighted by molar-refractivity contribution is 5.80. The Balaban J connectivity index is 1.65. The molecule has 3 aliphatic rings. The van der Waals surface area contributed by atoms with Crippen molar-refractivity contribution in [2.45, 2.75) is 64.9 Å². The summed E-state index contributed by atoms with van der Waals surface area (Å²) in [7, 11) is 0. The van der Waals surface area contributed by atoms with E-state index in [1.165, 1.54) is 25.7 Å². The molecule has 2 aliphatic heterocycles. The molecular formula is C19H35N3O2. The van der Waals surface area contributed by atoms with Crippen LogP contribution in [0.1, 0.15) is 58.8 Å². The second-order valence-electron chi connectivity index (χ2n) is 8.37. The van der Waals surface area contributed by atoms with Crippen LogP contribution in [0.5, 0.6) is 0 Å². The maximum atomic E-state index is 10.4. The summed E-state index contributed by atoms with van der Waals surface area (Å²) in [4.78, 5) is 7.40. The molecule has 0 aromatic rings. The number of hydrogen-bond donors (Lipinski definition) is 2. The van der Waals surface area contributed by atoms with Gasteiger partial charge in [-0.3, -0.25) is 4.99 Å². The predicted octanol–water partition coefficient (Wildman–Crippen LogP) is 2.40. The Hall–Kier alpha value is -0.810. The third-order valence-corrected chi connectivity index (χ3v) is 6.50. The lowest BCUT2D eigenvalue weighted by Gasteiger charge is -2.38. The highest BCUT2D eigenvalue weighted by Crippen LogP contribution is 2.40. The van der Waals surface area contributed by atoms with Crippen molar-refractivity contribution in [3.8, 4) is 0 Å². The van der Waals surface area contributed by atoms with Crippen LogP contribution in [0.2, 0.25) is 0 Å². The first-order valence-electron chi connectivity index (χ1n) is 9.86. The Bertz CT molecular complexity index is 448. The molecule has 2 heterocycles. The van der Waals surface area contributed by atoms with E-state index in [1.54, 1.807) is 0 Å². The number of ether oxygens (including phenoxy) is 1. The monoisotopic (exact) mass is 337 g/mol. The van der Waals surface area contributed by atoms with Gasteiger partial charge in [0.25, 0.3) is 0 Å². The number of likely N-dealkylation sites (tertiary alicyclic amines) is 1. The molecule has 5 heteroatoms. The average molecular weight is 338 g/mol. The minimum atomic E-state index is -0.210. The van der Waals surface area contributed by atoms with Gasteiger partial charge in [0.05, 0.1) is 12.6 Å². The minimum absolute atomic E-state index is 0.0605. The molecule has 2 N–H and O–H groups in total. The van der Waals surface area contributed by atoms with Crippen molar-refractivity contribution >= 4 is 5.96 Å². The predicted molar refractivity (Wildman–Crippen MR) is 97.2 cm³/mol. The Morgan fingerprint density at radius 3 is 2.75 bits per heavy atom. The number of aliphatic hydroxyl groups excluding tert-OH is 1. The van der Waals surface area contributed by atoms with Crippen molar-refractivity contribution in [1.29, 1.82) is 0 Å². The molecule has 0 aromatic carbocycles. The van der Waals surface area contributed by atoms with Gasteiger partial charge in [0.15, 0.2) is 5.96 Å². The standard InChI is InChI=1S/C19H35N3O2/c1-3-20-17(21-14-18(2)7-5-4-6-16(18)23)22-11-8-19(15-22)9-12-24-13-10-19/h16,23H,3-15H2,1-2H3,(H,20,21). The summed E-state index contributed by atoms with van der Waals surface area (Å²) in [6, 6.07) is 0. The van der Waals surface area contributed by atoms with Crippen molar-refractivity contribution in [3.05, 3.63) is 0 Å². The Kier molecular flexibility index (Phi) is 5.70. The third-order valence-electron chi connectivity index (χ3n) is 6.50. The quantitative estimate of drug-likeness (QED) is 0.613. The van der Waals surface area contributed by atoms with E-state index in [0.29, 0.717) is 5.41 Å². The summed E-state index contributed by atoms with van der Waals surface area (Å²) in [5, 5.41) is 13.9. The van der Waals surface area contributed by atoms with Gasteiger partial charge in [0.2, 0.25) is 0 Å². The van der Waals surface area contributed by atoms with Gasteiger partial charge in [-0.2, -0.15) is 0 Å². The largest absolute Gasteiger partial charge is 0.392 e. The molecule has 0 radical (unpaired) electrons. The van der Waals surface area contributed by atoms with Crippen LogP contribution < -0.4 is 5.32 Å². The van der Waals surface area contributed by atoms with Crippen molar-refractivity contribution in [2.75, 3.05) is 39.4 Å². The number of guanidine groups is 1. The highest BCUT2D eigenvalue weighted by atomic mass is 16.5. The summed E-state index contributed by atoms with van der Waals surface area (Å²) in [6.07, 6.45) is 7.77. The molecule has 2 unspecified atom stereocenters. The van der Waals surface area contributed by atoms with Gasteiger partial charge in [0, 0.05) is 38.3 Å². The fourth-order valence-electron chi connectivity index (χ4n) is 4.58. The van der Waals surface area contributed by atoms with Crippen LogP contribution in [-0.2, 0) is 4.74 Å². The first kappa shape index (κ1) is 18.0. The first-order valence-corrected chi connectivity index (χ1v) is 9.86. The molecule has 3 fully saturated rings. The van der Waals surface area contributed by atoms with E-state index in [0.717, 1.165) is 64.6 Å². The average Bonchev–Trinajstić information content (AvgIpc) is 2.98. The van der Waals surface area contributed by atoms with Crippen LogP contribution in [0.25, 0.3) is 0 Å². The normalized spacial score (nSPS) is 33.9. The zero-order valence-electron chi connectivity index (χ0n) is 15.5. The summed E-state index contributed by atoms with van der Waals surface area (Å²) >= 11 is 0. The topological polar surface area (TPSA) is 57.1 Å². The number of nitrogens with zero attached hydrogens (tertiary/aromatic N) is 2. The van der Waals surface area contributed by atoms with Gasteiger partial charge in [-0.25, -0.2) is 0 Å². The van der Waals surface area contributed by atoms with Crippen LogP contribution in [0, 0.1) is 10.8 Å². The molecule has 2 saturated heterocycles. The number of nitrogens with one attached hydrogen (secondary N) is 1. The number of aliphatic hydroxyl groups is 1. The zero-order chi connectivity index (χ0) is 17.0. The van der Waals surface area contributed by atoms with E-state index >= 15 is 0 Å². The number of hydrogen-bond acceptors (Lipinski definition) is 3. The van der Waals surface area contributed by atoms with E-state index in [9.17, 15) is 5.11 Å². The molecule has 1 spiro atoms. The summed E-state index contributed by atoms with van der Waals surface area (Å²) in [5.41, 5.74) is 0.373. The van der Waals surface area contributed by atoms with Crippen molar-refractivity contribution in [2.24, 2.45) is 15.8 Å². The molecular weight excluding hydrogens is 302 g/mol. The molecule has 1 saturated carbocycles. The summed E-state index contributed by atoms with van der Waals surface area (Å²) in [6.45, 7) is 9.96. The second kappa shape index (κ2) is 7.61. The Morgan fingerprint density at radius 1 is 1.25 bits per heavy atom. The van der Waals surface area contributed by atoms with Crippen molar-refractivity contribution in [1.82, 2.24) is 10.2 Å². The maximum Gasteiger partial charge on any atom is 0.193 e. The van der Waals surface area contributed by atoms with Crippen molar-refractivity contribution < 1.29 is 9.84 Å². The lowest BCUT2D eigenvalue weighted by atomic mass is 9.73. The van der Waals surface area contributed by atoms with E-state index in [4.69, 9.17) is 9.73 Å². The van der Waals surface area contributed by atoms with Crippen LogP contribution in [-0.4, -0.2) is 61.5 Å². The van der Waals surface area contributed by atoms with Crippen LogP contribution in [0.15, 0.2) is 4.99 Å². The van der Waals surface area contributed by atoms with Crippen LogP contribution in [0.3, 0.4) is 0 Å². The van der Waals surface area contributed by atoms with Gasteiger partial charge in [-0.1, -0.05) is 19.8 Å². The minimum Gasteiger partial charge on any atom is -0.392 e. The fraction of sp³-hybridized carbons (Fsp3) is 0.947. The van der Waals surface area contributed by atoms with Gasteiger partial charge >= 0.3 is 0 Å². The van der Waals surface area contributed by atoms with Gasteiger partial charge in [-0.05, 0) is 44.4 Å². The molecule has 1 aliphatic carbocycles. The number of aliphatic imine (C=N–C) groups is 1. The highest BCUT2D eigenvalue weighted by Gasteiger charge is 2.41. The smallest absolute Gasteiger partial charge is 0.193 e. The molecule has 5 nitrogen and oxygen atoms in total. The van der Waals surface area contributed by atoms with Crippen LogP contribution >= 0.6 is 0 Å². The molecule has 0 aromatic heterocycles. The van der Waals surface area contributed by atoms with Gasteiger partial charge in [-0.15, -0.1) is 0 Å². The van der Waals surface area contributed by atoms with Crippen molar-refractivity contribution in [3.63, 3.8) is 0 Å². The molecule has 24 heavy (non-hydrogen) atoms. The van der Waals surface area contributed by atoms with Gasteiger partial charge < -0.3 is 20.1 Å². The maximum absolute atomic E-state index is 10.4. The van der Waals surface area contributed by atoms with E-state index < -0.39 is 0 Å². The fourth-order valence-corrected chi connectivity index (χ4v) is 4.58. The zero-order valence-corrected chi connectivity index (χ0v) is 15.5. The Labute approximate surface area is 146 Å². The molecule has 3 rings (SSSR count). The first-order chi connectivity index (χ1) is 11.6. The lowest BCUT2D eigenvalue weighted by Crippen LogP contribution is -2.44. The lowest BCUT2D eigenvalue weighted by molar-refractivity contribution is 0.00694. The van der Waals surface area contributed by atoms with Crippen LogP contribution in [0.4, 0.5) is 0 Å². The SMILES string of the molecule is CCNC(=NCC1(C)CCCCC1O)N1CCC2(CCOCC2)C1.